The maximum Gasteiger partial charge on any atom is 0.237 e. The van der Waals surface area contributed by atoms with Gasteiger partial charge in [-0.05, 0) is 5.69 Å². The van der Waals surface area contributed by atoms with E-state index in [-0.39, 0.29) is 24.2 Å². The van der Waals surface area contributed by atoms with Crippen LogP contribution in [-0.4, -0.2) is 4.98 Å². The average molecular weight is 179 g/mol. The number of hydrogen-bond acceptors (Lipinski definition) is 1. The SMILES string of the molecule is FC(F)c1ccc[c-]n1.[V]. The number of rotatable bonds is 1. The van der Waals surface area contributed by atoms with Crippen LogP contribution in [0.15, 0.2) is 18.2 Å². The molecule has 0 aliphatic rings. The van der Waals surface area contributed by atoms with E-state index in [0.717, 1.165) is 0 Å². The smallest absolute Gasteiger partial charge is 0.237 e. The minimum Gasteiger partial charge on any atom is -0.385 e. The summed E-state index contributed by atoms with van der Waals surface area (Å²) in [6, 6.07) is 4.22. The fourth-order valence-electron chi connectivity index (χ4n) is 0.460. The summed E-state index contributed by atoms with van der Waals surface area (Å²) in [5, 5.41) is 0. The Morgan fingerprint density at radius 2 is 2.20 bits per heavy atom. The predicted molar refractivity (Wildman–Crippen MR) is 28.0 cm³/mol. The molecule has 0 aromatic carbocycles. The molecule has 0 aliphatic carbocycles. The number of alkyl halides is 2. The van der Waals surface area contributed by atoms with Crippen molar-refractivity contribution in [3.63, 3.8) is 0 Å². The van der Waals surface area contributed by atoms with Crippen LogP contribution in [0, 0.1) is 6.20 Å². The van der Waals surface area contributed by atoms with E-state index in [9.17, 15) is 8.78 Å². The molecule has 0 saturated carbocycles. The summed E-state index contributed by atoms with van der Waals surface area (Å²) in [7, 11) is 0. The molecule has 10 heavy (non-hydrogen) atoms. The fourth-order valence-corrected chi connectivity index (χ4v) is 0.460. The third-order valence-corrected chi connectivity index (χ3v) is 0.855. The second kappa shape index (κ2) is 4.42. The molecule has 1 nitrogen and oxygen atoms in total. The molecule has 0 aliphatic heterocycles. The normalized spacial score (nSPS) is 9.10. The Hall–Kier alpha value is -0.406. The van der Waals surface area contributed by atoms with Crippen LogP contribution in [0.1, 0.15) is 12.1 Å². The molecule has 1 aromatic heterocycles. The van der Waals surface area contributed by atoms with Crippen molar-refractivity contribution >= 4 is 0 Å². The van der Waals surface area contributed by atoms with E-state index in [4.69, 9.17) is 0 Å². The van der Waals surface area contributed by atoms with Gasteiger partial charge in [0.25, 0.3) is 0 Å². The van der Waals surface area contributed by atoms with Crippen molar-refractivity contribution in [1.82, 2.24) is 4.98 Å². The van der Waals surface area contributed by atoms with E-state index in [1.165, 1.54) is 18.2 Å². The van der Waals surface area contributed by atoms with E-state index >= 15 is 0 Å². The van der Waals surface area contributed by atoms with Crippen LogP contribution in [0.2, 0.25) is 0 Å². The van der Waals surface area contributed by atoms with Crippen molar-refractivity contribution in [2.45, 2.75) is 6.43 Å². The zero-order valence-corrected chi connectivity index (χ0v) is 6.36. The van der Waals surface area contributed by atoms with E-state index in [0.29, 0.717) is 0 Å². The van der Waals surface area contributed by atoms with Crippen molar-refractivity contribution in [1.29, 1.82) is 0 Å². The minimum atomic E-state index is -2.48. The van der Waals surface area contributed by atoms with Crippen molar-refractivity contribution in [3.8, 4) is 0 Å². The van der Waals surface area contributed by atoms with Crippen LogP contribution in [0.5, 0.6) is 0 Å². The summed E-state index contributed by atoms with van der Waals surface area (Å²) in [5.41, 5.74) is -0.225. The Balaban J connectivity index is 0.000000810. The van der Waals surface area contributed by atoms with Crippen molar-refractivity contribution < 1.29 is 27.3 Å². The van der Waals surface area contributed by atoms with Crippen LogP contribution in [0.25, 0.3) is 0 Å². The van der Waals surface area contributed by atoms with E-state index in [1.807, 2.05) is 0 Å². The molecule has 0 spiro atoms. The number of aromatic nitrogens is 1. The van der Waals surface area contributed by atoms with Crippen LogP contribution in [-0.2, 0) is 18.6 Å². The van der Waals surface area contributed by atoms with Gasteiger partial charge < -0.3 is 4.98 Å². The first-order chi connectivity index (χ1) is 4.30. The van der Waals surface area contributed by atoms with E-state index < -0.39 is 6.43 Å². The van der Waals surface area contributed by atoms with Crippen molar-refractivity contribution in [2.75, 3.05) is 0 Å². The maximum absolute atomic E-state index is 11.7. The molecule has 0 bridgehead atoms. The molecule has 53 valence electrons. The van der Waals surface area contributed by atoms with Gasteiger partial charge in [0.2, 0.25) is 6.43 Å². The molecule has 4 heteroatoms. The molecule has 0 atom stereocenters. The minimum absolute atomic E-state index is 0. The van der Waals surface area contributed by atoms with E-state index in [2.05, 4.69) is 11.2 Å². The fraction of sp³-hybridized carbons (Fsp3) is 0.167. The first-order valence-electron chi connectivity index (χ1n) is 2.42. The van der Waals surface area contributed by atoms with Crippen LogP contribution in [0.4, 0.5) is 8.78 Å². The van der Waals surface area contributed by atoms with Gasteiger partial charge in [0.15, 0.2) is 0 Å². The van der Waals surface area contributed by atoms with Crippen molar-refractivity contribution in [3.05, 3.63) is 30.1 Å². The van der Waals surface area contributed by atoms with Gasteiger partial charge in [0, 0.05) is 18.6 Å². The number of pyridine rings is 1. The summed E-state index contributed by atoms with van der Waals surface area (Å²) < 4.78 is 23.4. The largest absolute Gasteiger partial charge is 0.385 e. The Morgan fingerprint density at radius 1 is 1.50 bits per heavy atom. The summed E-state index contributed by atoms with van der Waals surface area (Å²) >= 11 is 0. The first-order valence-corrected chi connectivity index (χ1v) is 2.42. The zero-order valence-electron chi connectivity index (χ0n) is 4.96. The Bertz CT molecular complexity index is 178. The molecule has 0 amide bonds. The van der Waals surface area contributed by atoms with E-state index in [1.54, 1.807) is 0 Å². The average Bonchev–Trinajstić information content (AvgIpc) is 1.90. The number of hydrogen-bond donors (Lipinski definition) is 0. The standard InChI is InChI=1S/C6H4F2N.V/c7-6(8)5-3-1-2-4-9-5;/h1-3,6H;/q-1;. The van der Waals surface area contributed by atoms with Gasteiger partial charge in [0.1, 0.15) is 0 Å². The van der Waals surface area contributed by atoms with Gasteiger partial charge in [-0.25, -0.2) is 8.78 Å². The number of nitrogens with zero attached hydrogens (tertiary/aromatic N) is 1. The quantitative estimate of drug-likeness (QED) is 0.599. The molecular weight excluding hydrogens is 175 g/mol. The van der Waals surface area contributed by atoms with Gasteiger partial charge in [-0.2, -0.15) is 12.1 Å². The van der Waals surface area contributed by atoms with Gasteiger partial charge >= 0.3 is 0 Å². The zero-order chi connectivity index (χ0) is 6.69. The summed E-state index contributed by atoms with van der Waals surface area (Å²) in [6.07, 6.45) is -0.172. The Labute approximate surface area is 69.4 Å². The van der Waals surface area contributed by atoms with Gasteiger partial charge in [-0.1, -0.05) is 6.20 Å². The molecule has 0 unspecified atom stereocenters. The van der Waals surface area contributed by atoms with Crippen LogP contribution in [0.3, 0.4) is 0 Å². The molecule has 1 aromatic rings. The monoisotopic (exact) mass is 179 g/mol. The Morgan fingerprint density at radius 3 is 2.50 bits per heavy atom. The van der Waals surface area contributed by atoms with Crippen LogP contribution >= 0.6 is 0 Å². The second-order valence-electron chi connectivity index (χ2n) is 1.49. The third kappa shape index (κ3) is 2.46. The maximum atomic E-state index is 11.7. The number of halogens is 2. The summed E-state index contributed by atoms with van der Waals surface area (Å²) in [6.45, 7) is 0. The van der Waals surface area contributed by atoms with Gasteiger partial charge in [-0.15, -0.1) is 6.07 Å². The molecule has 1 radical (unpaired) electrons. The van der Waals surface area contributed by atoms with Crippen LogP contribution < -0.4 is 0 Å². The molecule has 0 saturated heterocycles. The molecule has 0 N–H and O–H groups in total. The third-order valence-electron chi connectivity index (χ3n) is 0.855. The van der Waals surface area contributed by atoms with Gasteiger partial charge in [0.05, 0.1) is 0 Å². The Kier molecular flexibility index (Phi) is 4.24. The molecule has 1 rings (SSSR count). The van der Waals surface area contributed by atoms with Gasteiger partial charge in [-0.3, -0.25) is 0 Å². The molecular formula is C6H4F2NV-. The molecule has 1 heterocycles. The summed E-state index contributed by atoms with van der Waals surface area (Å²) in [5.74, 6) is 0. The summed E-state index contributed by atoms with van der Waals surface area (Å²) in [4.78, 5) is 3.30. The topological polar surface area (TPSA) is 12.9 Å². The second-order valence-corrected chi connectivity index (χ2v) is 1.49. The molecule has 0 fully saturated rings. The predicted octanol–water partition coefficient (Wildman–Crippen LogP) is 1.82. The first kappa shape index (κ1) is 9.59. The van der Waals surface area contributed by atoms with Crippen molar-refractivity contribution in [2.24, 2.45) is 0 Å².